The first-order valence-corrected chi connectivity index (χ1v) is 10.8. The van der Waals surface area contributed by atoms with Crippen molar-refractivity contribution < 1.29 is 22.8 Å². The molecule has 0 spiro atoms. The molecule has 0 saturated heterocycles. The maximum absolute atomic E-state index is 12.9. The lowest BCUT2D eigenvalue weighted by atomic mass is 10.1. The Labute approximate surface area is 192 Å². The van der Waals surface area contributed by atoms with Crippen LogP contribution in [-0.4, -0.2) is 24.1 Å². The smallest absolute Gasteiger partial charge is 0.372 e. The summed E-state index contributed by atoms with van der Waals surface area (Å²) >= 11 is 0. The van der Waals surface area contributed by atoms with Gasteiger partial charge in [-0.25, -0.2) is 4.79 Å². The first kappa shape index (κ1) is 24.3. The van der Waals surface area contributed by atoms with Gasteiger partial charge in [-0.15, -0.1) is 5.06 Å². The van der Waals surface area contributed by atoms with E-state index < -0.39 is 17.7 Å². The van der Waals surface area contributed by atoms with E-state index in [4.69, 9.17) is 4.84 Å². The Morgan fingerprint density at radius 2 is 1.33 bits per heavy atom. The van der Waals surface area contributed by atoms with E-state index >= 15 is 0 Å². The predicted octanol–water partition coefficient (Wildman–Crippen LogP) is 6.33. The standard InChI is InChI=1S/C26H27F3N2O2/c1-3-30(4-2)24-16-12-22(13-17-24)25(32)33-31(18-20-8-6-5-7-9-20)19-21-10-14-23(15-11-21)26(27,28)29/h5-17H,3-4,18-19H2,1-2H3. The third-order valence-corrected chi connectivity index (χ3v) is 5.29. The second-order valence-corrected chi connectivity index (χ2v) is 7.58. The van der Waals surface area contributed by atoms with Crippen LogP contribution < -0.4 is 4.90 Å². The average molecular weight is 457 g/mol. The summed E-state index contributed by atoms with van der Waals surface area (Å²) < 4.78 is 38.6. The molecule has 0 radical (unpaired) electrons. The van der Waals surface area contributed by atoms with E-state index in [9.17, 15) is 18.0 Å². The highest BCUT2D eigenvalue weighted by Crippen LogP contribution is 2.29. The lowest BCUT2D eigenvalue weighted by Crippen LogP contribution is -2.27. The number of carbonyl (C=O) groups is 1. The SMILES string of the molecule is CCN(CC)c1ccc(C(=O)ON(Cc2ccccc2)Cc2ccc(C(F)(F)F)cc2)cc1. The van der Waals surface area contributed by atoms with Gasteiger partial charge >= 0.3 is 12.1 Å². The van der Waals surface area contributed by atoms with Crippen molar-refractivity contribution in [3.05, 3.63) is 101 Å². The van der Waals surface area contributed by atoms with Crippen LogP contribution >= 0.6 is 0 Å². The normalized spacial score (nSPS) is 11.5. The number of anilines is 1. The Morgan fingerprint density at radius 3 is 1.85 bits per heavy atom. The fourth-order valence-corrected chi connectivity index (χ4v) is 3.48. The zero-order valence-corrected chi connectivity index (χ0v) is 18.7. The van der Waals surface area contributed by atoms with Crippen LogP contribution in [0.25, 0.3) is 0 Å². The van der Waals surface area contributed by atoms with Gasteiger partial charge in [0.2, 0.25) is 0 Å². The van der Waals surface area contributed by atoms with Crippen molar-refractivity contribution in [2.24, 2.45) is 0 Å². The maximum Gasteiger partial charge on any atom is 0.416 e. The molecule has 0 bridgehead atoms. The summed E-state index contributed by atoms with van der Waals surface area (Å²) in [4.78, 5) is 20.6. The first-order valence-electron chi connectivity index (χ1n) is 10.8. The molecule has 7 heteroatoms. The van der Waals surface area contributed by atoms with Gasteiger partial charge < -0.3 is 9.74 Å². The van der Waals surface area contributed by atoms with Crippen molar-refractivity contribution in [3.8, 4) is 0 Å². The lowest BCUT2D eigenvalue weighted by molar-refractivity contribution is -0.137. The van der Waals surface area contributed by atoms with E-state index in [1.54, 1.807) is 12.1 Å². The van der Waals surface area contributed by atoms with Crippen LogP contribution in [-0.2, 0) is 24.1 Å². The molecule has 0 saturated carbocycles. The molecule has 0 fully saturated rings. The van der Waals surface area contributed by atoms with Crippen molar-refractivity contribution in [1.29, 1.82) is 0 Å². The van der Waals surface area contributed by atoms with Crippen LogP contribution in [0.3, 0.4) is 0 Å². The van der Waals surface area contributed by atoms with Crippen molar-refractivity contribution in [1.82, 2.24) is 5.06 Å². The van der Waals surface area contributed by atoms with E-state index in [1.807, 2.05) is 42.5 Å². The molecule has 0 heterocycles. The molecule has 174 valence electrons. The van der Waals surface area contributed by atoms with E-state index in [1.165, 1.54) is 17.2 Å². The number of hydroxylamine groups is 2. The van der Waals surface area contributed by atoms with Crippen molar-refractivity contribution in [2.45, 2.75) is 33.1 Å². The molecular formula is C26H27F3N2O2. The van der Waals surface area contributed by atoms with Gasteiger partial charge in [-0.1, -0.05) is 42.5 Å². The highest BCUT2D eigenvalue weighted by molar-refractivity contribution is 5.89. The monoisotopic (exact) mass is 456 g/mol. The zero-order chi connectivity index (χ0) is 23.8. The van der Waals surface area contributed by atoms with Crippen LogP contribution in [0, 0.1) is 0 Å². The van der Waals surface area contributed by atoms with Crippen LogP contribution in [0.2, 0.25) is 0 Å². The van der Waals surface area contributed by atoms with Gasteiger partial charge in [0.1, 0.15) is 0 Å². The molecule has 0 aliphatic heterocycles. The fraction of sp³-hybridized carbons (Fsp3) is 0.269. The number of rotatable bonds is 9. The summed E-state index contributed by atoms with van der Waals surface area (Å²) in [5.41, 5.74) is 2.21. The number of nitrogens with zero attached hydrogens (tertiary/aromatic N) is 2. The topological polar surface area (TPSA) is 32.8 Å². The Hall–Kier alpha value is -3.32. The van der Waals surface area contributed by atoms with Gasteiger partial charge in [-0.3, -0.25) is 0 Å². The number of alkyl halides is 3. The van der Waals surface area contributed by atoms with Gasteiger partial charge in [-0.2, -0.15) is 13.2 Å². The van der Waals surface area contributed by atoms with Crippen LogP contribution in [0.15, 0.2) is 78.9 Å². The first-order chi connectivity index (χ1) is 15.8. The largest absolute Gasteiger partial charge is 0.416 e. The predicted molar refractivity (Wildman–Crippen MR) is 123 cm³/mol. The van der Waals surface area contributed by atoms with Crippen molar-refractivity contribution in [2.75, 3.05) is 18.0 Å². The number of carbonyl (C=O) groups excluding carboxylic acids is 1. The molecule has 3 rings (SSSR count). The minimum absolute atomic E-state index is 0.149. The van der Waals surface area contributed by atoms with Crippen LogP contribution in [0.4, 0.5) is 18.9 Å². The minimum atomic E-state index is -4.40. The summed E-state index contributed by atoms with van der Waals surface area (Å²) in [5, 5.41) is 1.46. The van der Waals surface area contributed by atoms with Gasteiger partial charge in [0.05, 0.1) is 24.2 Å². The molecule has 0 N–H and O–H groups in total. The number of hydrogen-bond acceptors (Lipinski definition) is 4. The molecule has 3 aromatic rings. The molecule has 3 aromatic carbocycles. The second-order valence-electron chi connectivity index (χ2n) is 7.58. The molecular weight excluding hydrogens is 429 g/mol. The van der Waals surface area contributed by atoms with E-state index in [0.717, 1.165) is 36.5 Å². The molecule has 33 heavy (non-hydrogen) atoms. The van der Waals surface area contributed by atoms with E-state index in [-0.39, 0.29) is 6.54 Å². The van der Waals surface area contributed by atoms with E-state index in [0.29, 0.717) is 17.7 Å². The summed E-state index contributed by atoms with van der Waals surface area (Å²) in [7, 11) is 0. The third-order valence-electron chi connectivity index (χ3n) is 5.29. The van der Waals surface area contributed by atoms with Gasteiger partial charge in [0, 0.05) is 18.8 Å². The number of benzene rings is 3. The van der Waals surface area contributed by atoms with Crippen molar-refractivity contribution >= 4 is 11.7 Å². The Balaban J connectivity index is 1.75. The maximum atomic E-state index is 12.9. The minimum Gasteiger partial charge on any atom is -0.372 e. The number of hydrogen-bond donors (Lipinski definition) is 0. The Kier molecular flexibility index (Phi) is 8.11. The zero-order valence-electron chi connectivity index (χ0n) is 18.7. The van der Waals surface area contributed by atoms with Crippen LogP contribution in [0.5, 0.6) is 0 Å². The number of halogens is 3. The van der Waals surface area contributed by atoms with Crippen molar-refractivity contribution in [3.63, 3.8) is 0 Å². The molecule has 0 unspecified atom stereocenters. The molecule has 0 aliphatic rings. The summed E-state index contributed by atoms with van der Waals surface area (Å²) in [6.45, 7) is 6.29. The molecule has 0 aliphatic carbocycles. The highest BCUT2D eigenvalue weighted by atomic mass is 19.4. The average Bonchev–Trinajstić information content (AvgIpc) is 2.81. The highest BCUT2D eigenvalue weighted by Gasteiger charge is 2.30. The van der Waals surface area contributed by atoms with Gasteiger partial charge in [0.15, 0.2) is 0 Å². The van der Waals surface area contributed by atoms with E-state index in [2.05, 4.69) is 18.7 Å². The molecule has 0 atom stereocenters. The molecule has 0 aromatic heterocycles. The van der Waals surface area contributed by atoms with Crippen LogP contribution in [0.1, 0.15) is 40.9 Å². The quantitative estimate of drug-likeness (QED) is 0.353. The summed E-state index contributed by atoms with van der Waals surface area (Å²) in [6.07, 6.45) is -4.40. The summed E-state index contributed by atoms with van der Waals surface area (Å²) in [6, 6.07) is 21.5. The lowest BCUT2D eigenvalue weighted by Gasteiger charge is -2.23. The van der Waals surface area contributed by atoms with Gasteiger partial charge in [0.25, 0.3) is 0 Å². The fourth-order valence-electron chi connectivity index (χ4n) is 3.48. The Morgan fingerprint density at radius 1 is 0.788 bits per heavy atom. The third kappa shape index (κ3) is 6.83. The van der Waals surface area contributed by atoms with Gasteiger partial charge in [-0.05, 0) is 61.4 Å². The molecule has 0 amide bonds. The Bertz CT molecular complexity index is 1020. The second kappa shape index (κ2) is 11.0. The molecule has 4 nitrogen and oxygen atoms in total. The summed E-state index contributed by atoms with van der Waals surface area (Å²) in [5.74, 6) is -0.524.